The first-order valence-corrected chi connectivity index (χ1v) is 5.42. The highest BCUT2D eigenvalue weighted by Gasteiger charge is 2.02. The van der Waals surface area contributed by atoms with E-state index in [1.54, 1.807) is 0 Å². The van der Waals surface area contributed by atoms with Crippen LogP contribution in [0.3, 0.4) is 0 Å². The number of aryl methyl sites for hydroxylation is 1. The monoisotopic (exact) mass is 204 g/mol. The highest BCUT2D eigenvalue weighted by Crippen LogP contribution is 2.11. The zero-order valence-electron chi connectivity index (χ0n) is 10.1. The molecule has 0 radical (unpaired) electrons. The molecule has 1 aromatic heterocycles. The summed E-state index contributed by atoms with van der Waals surface area (Å²) in [6, 6.07) is 2.09. The fourth-order valence-corrected chi connectivity index (χ4v) is 1.51. The average molecular weight is 204 g/mol. The van der Waals surface area contributed by atoms with Crippen molar-refractivity contribution < 1.29 is 0 Å². The Morgan fingerprint density at radius 1 is 1.53 bits per heavy atom. The van der Waals surface area contributed by atoms with Crippen molar-refractivity contribution >= 4 is 0 Å². The van der Waals surface area contributed by atoms with E-state index in [-0.39, 0.29) is 0 Å². The van der Waals surface area contributed by atoms with Crippen LogP contribution in [0.25, 0.3) is 0 Å². The normalized spacial score (nSPS) is 11.6. The van der Waals surface area contributed by atoms with Crippen molar-refractivity contribution in [2.45, 2.75) is 33.7 Å². The van der Waals surface area contributed by atoms with Crippen molar-refractivity contribution in [2.75, 3.05) is 7.05 Å². The zero-order chi connectivity index (χ0) is 11.3. The summed E-state index contributed by atoms with van der Waals surface area (Å²) in [6.45, 7) is 7.38. The van der Waals surface area contributed by atoms with Crippen molar-refractivity contribution in [2.24, 2.45) is 0 Å². The summed E-state index contributed by atoms with van der Waals surface area (Å²) in [5.74, 6) is 0. The minimum atomic E-state index is 0.955. The second kappa shape index (κ2) is 5.54. The van der Waals surface area contributed by atoms with E-state index in [0.29, 0.717) is 0 Å². The summed E-state index contributed by atoms with van der Waals surface area (Å²) in [5, 5.41) is 0. The molecular weight excluding hydrogens is 184 g/mol. The van der Waals surface area contributed by atoms with Crippen LogP contribution >= 0.6 is 0 Å². The summed E-state index contributed by atoms with van der Waals surface area (Å²) in [7, 11) is 2.13. The molecule has 0 amide bonds. The first-order valence-electron chi connectivity index (χ1n) is 5.42. The van der Waals surface area contributed by atoms with Gasteiger partial charge in [-0.1, -0.05) is 13.0 Å². The molecule has 0 saturated heterocycles. The van der Waals surface area contributed by atoms with Crippen LogP contribution in [0.5, 0.6) is 0 Å². The molecule has 0 aliphatic heterocycles. The molecule has 0 saturated carbocycles. The number of nitrogens with zero attached hydrogens (tertiary/aromatic N) is 2. The second-order valence-corrected chi connectivity index (χ2v) is 3.91. The van der Waals surface area contributed by atoms with Gasteiger partial charge in [-0.15, -0.1) is 0 Å². The maximum Gasteiger partial charge on any atom is 0.0426 e. The maximum absolute atomic E-state index is 4.10. The molecule has 1 rings (SSSR count). The van der Waals surface area contributed by atoms with Gasteiger partial charge in [0, 0.05) is 31.7 Å². The van der Waals surface area contributed by atoms with E-state index in [0.717, 1.165) is 13.0 Å². The summed E-state index contributed by atoms with van der Waals surface area (Å²) in [6.07, 6.45) is 7.11. The standard InChI is InChI=1S/C13H20N2/c1-5-6-12(3)15(4)10-13-7-8-14-9-11(13)2/h6-9H,5,10H2,1-4H3/b12-6+. The van der Waals surface area contributed by atoms with Gasteiger partial charge in [0.05, 0.1) is 0 Å². The average Bonchev–Trinajstić information content (AvgIpc) is 2.21. The van der Waals surface area contributed by atoms with E-state index < -0.39 is 0 Å². The Hall–Kier alpha value is -1.31. The summed E-state index contributed by atoms with van der Waals surface area (Å²) < 4.78 is 0. The van der Waals surface area contributed by atoms with Gasteiger partial charge in [0.2, 0.25) is 0 Å². The smallest absolute Gasteiger partial charge is 0.0426 e. The van der Waals surface area contributed by atoms with Gasteiger partial charge < -0.3 is 4.90 Å². The lowest BCUT2D eigenvalue weighted by molar-refractivity contribution is 0.409. The number of allylic oxidation sites excluding steroid dienone is 2. The minimum Gasteiger partial charge on any atom is -0.374 e. The molecule has 15 heavy (non-hydrogen) atoms. The zero-order valence-corrected chi connectivity index (χ0v) is 10.1. The fourth-order valence-electron chi connectivity index (χ4n) is 1.51. The summed E-state index contributed by atoms with van der Waals surface area (Å²) >= 11 is 0. The molecule has 2 nitrogen and oxygen atoms in total. The van der Waals surface area contributed by atoms with Crippen molar-refractivity contribution in [3.05, 3.63) is 41.4 Å². The van der Waals surface area contributed by atoms with Crippen molar-refractivity contribution in [1.82, 2.24) is 9.88 Å². The molecular formula is C13H20N2. The first-order chi connectivity index (χ1) is 7.15. The van der Waals surface area contributed by atoms with Crippen LogP contribution in [-0.2, 0) is 6.54 Å². The lowest BCUT2D eigenvalue weighted by atomic mass is 10.1. The van der Waals surface area contributed by atoms with Gasteiger partial charge in [-0.25, -0.2) is 0 Å². The summed E-state index contributed by atoms with van der Waals surface area (Å²) in [4.78, 5) is 6.37. The molecule has 0 bridgehead atoms. The van der Waals surface area contributed by atoms with Crippen LogP contribution in [0.2, 0.25) is 0 Å². The van der Waals surface area contributed by atoms with E-state index in [2.05, 4.69) is 49.8 Å². The fraction of sp³-hybridized carbons (Fsp3) is 0.462. The van der Waals surface area contributed by atoms with E-state index in [4.69, 9.17) is 0 Å². The van der Waals surface area contributed by atoms with Crippen molar-refractivity contribution in [3.63, 3.8) is 0 Å². The lowest BCUT2D eigenvalue weighted by Gasteiger charge is -2.20. The van der Waals surface area contributed by atoms with Crippen LogP contribution in [-0.4, -0.2) is 16.9 Å². The molecule has 0 atom stereocenters. The summed E-state index contributed by atoms with van der Waals surface area (Å²) in [5.41, 5.74) is 3.93. The van der Waals surface area contributed by atoms with Crippen molar-refractivity contribution in [1.29, 1.82) is 0 Å². The SMILES string of the molecule is CC/C=C(\C)N(C)Cc1ccncc1C. The third-order valence-electron chi connectivity index (χ3n) is 2.65. The van der Waals surface area contributed by atoms with Crippen LogP contribution < -0.4 is 0 Å². The van der Waals surface area contributed by atoms with Crippen molar-refractivity contribution in [3.8, 4) is 0 Å². The first kappa shape index (κ1) is 11.8. The Morgan fingerprint density at radius 2 is 2.27 bits per heavy atom. The molecule has 0 aromatic carbocycles. The minimum absolute atomic E-state index is 0.955. The molecule has 0 aliphatic rings. The Kier molecular flexibility index (Phi) is 4.35. The van der Waals surface area contributed by atoms with Gasteiger partial charge in [-0.05, 0) is 37.5 Å². The number of hydrogen-bond acceptors (Lipinski definition) is 2. The van der Waals surface area contributed by atoms with Gasteiger partial charge in [0.25, 0.3) is 0 Å². The van der Waals surface area contributed by atoms with Gasteiger partial charge in [-0.3, -0.25) is 4.98 Å². The second-order valence-electron chi connectivity index (χ2n) is 3.91. The molecule has 1 aromatic rings. The third-order valence-corrected chi connectivity index (χ3v) is 2.65. The number of aromatic nitrogens is 1. The van der Waals surface area contributed by atoms with Gasteiger partial charge in [0.1, 0.15) is 0 Å². The predicted molar refractivity (Wildman–Crippen MR) is 64.5 cm³/mol. The molecule has 0 spiro atoms. The number of hydrogen-bond donors (Lipinski definition) is 0. The van der Waals surface area contributed by atoms with Crippen LogP contribution in [0.15, 0.2) is 30.2 Å². The van der Waals surface area contributed by atoms with E-state index in [9.17, 15) is 0 Å². The van der Waals surface area contributed by atoms with Gasteiger partial charge in [0.15, 0.2) is 0 Å². The number of rotatable bonds is 4. The molecule has 0 fully saturated rings. The molecule has 0 N–H and O–H groups in total. The Morgan fingerprint density at radius 3 is 2.87 bits per heavy atom. The number of pyridine rings is 1. The molecule has 1 heterocycles. The van der Waals surface area contributed by atoms with E-state index >= 15 is 0 Å². The predicted octanol–water partition coefficient (Wildman–Crippen LogP) is 3.14. The van der Waals surface area contributed by atoms with Crippen LogP contribution in [0.4, 0.5) is 0 Å². The Balaban J connectivity index is 2.70. The lowest BCUT2D eigenvalue weighted by Crippen LogP contribution is -2.16. The van der Waals surface area contributed by atoms with E-state index in [1.165, 1.54) is 16.8 Å². The quantitative estimate of drug-likeness (QED) is 0.749. The Labute approximate surface area is 92.6 Å². The van der Waals surface area contributed by atoms with Gasteiger partial charge in [-0.2, -0.15) is 0 Å². The van der Waals surface area contributed by atoms with Crippen LogP contribution in [0, 0.1) is 6.92 Å². The van der Waals surface area contributed by atoms with Crippen LogP contribution in [0.1, 0.15) is 31.4 Å². The third kappa shape index (κ3) is 3.39. The van der Waals surface area contributed by atoms with Gasteiger partial charge >= 0.3 is 0 Å². The van der Waals surface area contributed by atoms with E-state index in [1.807, 2.05) is 12.4 Å². The molecule has 2 heteroatoms. The molecule has 0 aliphatic carbocycles. The highest BCUT2D eigenvalue weighted by molar-refractivity contribution is 5.22. The Bertz CT molecular complexity index is 342. The highest BCUT2D eigenvalue weighted by atomic mass is 15.1. The largest absolute Gasteiger partial charge is 0.374 e. The molecule has 82 valence electrons. The maximum atomic E-state index is 4.10. The topological polar surface area (TPSA) is 16.1 Å². The molecule has 0 unspecified atom stereocenters.